The van der Waals surface area contributed by atoms with Crippen LogP contribution in [0.1, 0.15) is 14.8 Å². The SMILES string of the molecule is CN1CCN(C2(C)C=CC(C(=O)Nc3cc4cc(-c5cnn(C)c5)ccc4cn3)=CC2)CC1.[HH]. The molecular formula is C26H32N6O. The summed E-state index contributed by atoms with van der Waals surface area (Å²) in [5, 5.41) is 9.28. The van der Waals surface area contributed by atoms with E-state index in [0.29, 0.717) is 11.4 Å². The molecule has 172 valence electrons. The third-order valence-corrected chi connectivity index (χ3v) is 6.85. The second kappa shape index (κ2) is 8.57. The van der Waals surface area contributed by atoms with Crippen LogP contribution in [0.2, 0.25) is 0 Å². The van der Waals surface area contributed by atoms with Gasteiger partial charge in [0.05, 0.1) is 6.20 Å². The standard InChI is InChI=1S/C26H30N6O.H2/c1-26(32-12-10-30(2)11-13-32)8-6-19(7-9-26)25(33)29-24-15-22-14-20(4-5-21(22)16-27-24)23-17-28-31(3)18-23;/h4-8,14-18H,9-13H2,1-3H3,(H,27,29,33);1H. The number of carbonyl (C=O) groups excluding carboxylic acids is 1. The fourth-order valence-electron chi connectivity index (χ4n) is 4.59. The average molecular weight is 445 g/mol. The maximum Gasteiger partial charge on any atom is 0.256 e. The maximum absolute atomic E-state index is 12.9. The summed E-state index contributed by atoms with van der Waals surface area (Å²) in [6.07, 6.45) is 12.7. The van der Waals surface area contributed by atoms with Crippen LogP contribution in [0.25, 0.3) is 21.9 Å². The van der Waals surface area contributed by atoms with E-state index in [0.717, 1.165) is 54.5 Å². The Hall–Kier alpha value is -3.29. The lowest BCUT2D eigenvalue weighted by Gasteiger charge is -2.44. The number of aromatic nitrogens is 3. The fraction of sp³-hybridized carbons (Fsp3) is 0.346. The molecule has 3 heterocycles. The molecule has 1 amide bonds. The smallest absolute Gasteiger partial charge is 0.256 e. The molecule has 33 heavy (non-hydrogen) atoms. The monoisotopic (exact) mass is 444 g/mol. The summed E-state index contributed by atoms with van der Waals surface area (Å²) in [6.45, 7) is 6.52. The average Bonchev–Trinajstić information content (AvgIpc) is 3.25. The van der Waals surface area contributed by atoms with Crippen molar-refractivity contribution in [3.63, 3.8) is 0 Å². The summed E-state index contributed by atoms with van der Waals surface area (Å²) in [5.74, 6) is 0.430. The number of carbonyl (C=O) groups is 1. The molecule has 2 aliphatic rings. The van der Waals surface area contributed by atoms with Gasteiger partial charge in [0, 0.05) is 69.1 Å². The third-order valence-electron chi connectivity index (χ3n) is 6.85. The molecule has 0 saturated carbocycles. The van der Waals surface area contributed by atoms with Crippen molar-refractivity contribution in [3.05, 3.63) is 66.7 Å². The van der Waals surface area contributed by atoms with Crippen LogP contribution < -0.4 is 5.32 Å². The molecule has 1 aromatic carbocycles. The zero-order valence-electron chi connectivity index (χ0n) is 19.5. The maximum atomic E-state index is 12.9. The number of benzene rings is 1. The molecule has 0 radical (unpaired) electrons. The summed E-state index contributed by atoms with van der Waals surface area (Å²) in [5.41, 5.74) is 2.80. The van der Waals surface area contributed by atoms with Crippen molar-refractivity contribution in [2.75, 3.05) is 38.5 Å². The number of nitrogens with one attached hydrogen (secondary N) is 1. The Kier molecular flexibility index (Phi) is 5.60. The van der Waals surface area contributed by atoms with Gasteiger partial charge in [0.1, 0.15) is 5.82 Å². The molecule has 1 saturated heterocycles. The first-order valence-electron chi connectivity index (χ1n) is 11.4. The van der Waals surface area contributed by atoms with Crippen molar-refractivity contribution in [2.45, 2.75) is 18.9 Å². The van der Waals surface area contributed by atoms with E-state index in [1.807, 2.05) is 37.7 Å². The van der Waals surface area contributed by atoms with E-state index >= 15 is 0 Å². The van der Waals surface area contributed by atoms with Gasteiger partial charge in [-0.15, -0.1) is 0 Å². The number of aryl methyl sites for hydroxylation is 1. The van der Waals surface area contributed by atoms with E-state index in [1.54, 1.807) is 10.9 Å². The molecule has 5 rings (SSSR count). The largest absolute Gasteiger partial charge is 0.307 e. The molecule has 1 unspecified atom stereocenters. The first kappa shape index (κ1) is 21.6. The van der Waals surface area contributed by atoms with Crippen molar-refractivity contribution in [1.82, 2.24) is 24.6 Å². The van der Waals surface area contributed by atoms with Gasteiger partial charge in [0.15, 0.2) is 0 Å². The van der Waals surface area contributed by atoms with Crippen molar-refractivity contribution in [2.24, 2.45) is 7.05 Å². The van der Waals surface area contributed by atoms with Crippen LogP contribution in [0.15, 0.2) is 66.7 Å². The molecular weight excluding hydrogens is 412 g/mol. The zero-order valence-corrected chi connectivity index (χ0v) is 19.5. The predicted molar refractivity (Wildman–Crippen MR) is 134 cm³/mol. The minimum Gasteiger partial charge on any atom is -0.307 e. The Morgan fingerprint density at radius 3 is 2.58 bits per heavy atom. The fourth-order valence-corrected chi connectivity index (χ4v) is 4.59. The number of anilines is 1. The predicted octanol–water partition coefficient (Wildman–Crippen LogP) is 3.71. The van der Waals surface area contributed by atoms with Gasteiger partial charge in [-0.1, -0.05) is 30.4 Å². The number of fused-ring (bicyclic) bond motifs is 1. The summed E-state index contributed by atoms with van der Waals surface area (Å²) in [7, 11) is 4.07. The Labute approximate surface area is 195 Å². The number of likely N-dealkylation sites (N-methyl/N-ethyl adjacent to an activating group) is 1. The van der Waals surface area contributed by atoms with E-state index in [4.69, 9.17) is 0 Å². The number of piperazine rings is 1. The lowest BCUT2D eigenvalue weighted by molar-refractivity contribution is -0.112. The third kappa shape index (κ3) is 4.47. The van der Waals surface area contributed by atoms with Crippen LogP contribution in [0.3, 0.4) is 0 Å². The zero-order chi connectivity index (χ0) is 23.0. The van der Waals surface area contributed by atoms with Gasteiger partial charge in [0.25, 0.3) is 5.91 Å². The van der Waals surface area contributed by atoms with E-state index in [9.17, 15) is 4.79 Å². The lowest BCUT2D eigenvalue weighted by Crippen LogP contribution is -2.54. The second-order valence-electron chi connectivity index (χ2n) is 9.33. The van der Waals surface area contributed by atoms with Crippen molar-refractivity contribution >= 4 is 22.5 Å². The van der Waals surface area contributed by atoms with Gasteiger partial charge in [0.2, 0.25) is 0 Å². The number of hydrogen-bond donors (Lipinski definition) is 1. The molecule has 0 bridgehead atoms. The molecule has 1 atom stereocenters. The Morgan fingerprint density at radius 2 is 1.88 bits per heavy atom. The normalized spacial score (nSPS) is 21.8. The quantitative estimate of drug-likeness (QED) is 0.665. The van der Waals surface area contributed by atoms with Crippen molar-refractivity contribution in [1.29, 1.82) is 0 Å². The summed E-state index contributed by atoms with van der Waals surface area (Å²) in [6, 6.07) is 8.13. The van der Waals surface area contributed by atoms with Gasteiger partial charge < -0.3 is 10.2 Å². The molecule has 1 aliphatic carbocycles. The summed E-state index contributed by atoms with van der Waals surface area (Å²) < 4.78 is 1.79. The van der Waals surface area contributed by atoms with Gasteiger partial charge in [-0.3, -0.25) is 14.4 Å². The summed E-state index contributed by atoms with van der Waals surface area (Å²) in [4.78, 5) is 22.2. The van der Waals surface area contributed by atoms with Gasteiger partial charge in [-0.25, -0.2) is 4.98 Å². The van der Waals surface area contributed by atoms with Crippen molar-refractivity contribution in [3.8, 4) is 11.1 Å². The van der Waals surface area contributed by atoms with Gasteiger partial charge >= 0.3 is 0 Å². The number of pyridine rings is 1. The molecule has 1 fully saturated rings. The highest BCUT2D eigenvalue weighted by molar-refractivity contribution is 6.06. The number of amides is 1. The van der Waals surface area contributed by atoms with Gasteiger partial charge in [-0.05, 0) is 43.5 Å². The Morgan fingerprint density at radius 1 is 1.06 bits per heavy atom. The first-order valence-corrected chi connectivity index (χ1v) is 11.4. The van der Waals surface area contributed by atoms with Crippen LogP contribution in [0.5, 0.6) is 0 Å². The topological polar surface area (TPSA) is 66.3 Å². The van der Waals surface area contributed by atoms with Crippen LogP contribution in [0, 0.1) is 0 Å². The molecule has 3 aromatic rings. The van der Waals surface area contributed by atoms with Crippen molar-refractivity contribution < 1.29 is 6.22 Å². The molecule has 1 N–H and O–H groups in total. The van der Waals surface area contributed by atoms with E-state index in [1.165, 1.54) is 0 Å². The lowest BCUT2D eigenvalue weighted by atomic mass is 9.88. The van der Waals surface area contributed by atoms with Crippen LogP contribution in [-0.4, -0.2) is 69.2 Å². The Balaban J connectivity index is 0.00000274. The number of rotatable bonds is 4. The van der Waals surface area contributed by atoms with Crippen LogP contribution >= 0.6 is 0 Å². The Bertz CT molecular complexity index is 1260. The van der Waals surface area contributed by atoms with Gasteiger partial charge in [-0.2, -0.15) is 5.10 Å². The van der Waals surface area contributed by atoms with Crippen LogP contribution in [0.4, 0.5) is 5.82 Å². The molecule has 1 aliphatic heterocycles. The molecule has 2 aromatic heterocycles. The highest BCUT2D eigenvalue weighted by Gasteiger charge is 2.32. The van der Waals surface area contributed by atoms with E-state index in [2.05, 4.69) is 63.5 Å². The van der Waals surface area contributed by atoms with E-state index in [-0.39, 0.29) is 12.9 Å². The minimum absolute atomic E-state index is 0. The second-order valence-corrected chi connectivity index (χ2v) is 9.33. The minimum atomic E-state index is -0.123. The summed E-state index contributed by atoms with van der Waals surface area (Å²) >= 11 is 0. The molecule has 7 nitrogen and oxygen atoms in total. The molecule has 0 spiro atoms. The number of nitrogens with zero attached hydrogens (tertiary/aromatic N) is 5. The molecule has 7 heteroatoms. The van der Waals surface area contributed by atoms with Crippen LogP contribution in [-0.2, 0) is 11.8 Å². The highest BCUT2D eigenvalue weighted by atomic mass is 16.1. The number of hydrogen-bond acceptors (Lipinski definition) is 5. The first-order chi connectivity index (χ1) is 15.9. The van der Waals surface area contributed by atoms with E-state index < -0.39 is 0 Å². The highest BCUT2D eigenvalue weighted by Crippen LogP contribution is 2.29.